The highest BCUT2D eigenvalue weighted by molar-refractivity contribution is 7.80. The number of likely N-dealkylation sites (N-methyl/N-ethyl adjacent to an activating group) is 1. The molecule has 0 radical (unpaired) electrons. The lowest BCUT2D eigenvalue weighted by Gasteiger charge is -2.32. The number of thiocarbonyl (C=S) groups is 1. The molecular formula is C51H96N4O4S. The quantitative estimate of drug-likeness (QED) is 0.0279. The maximum Gasteiger partial charge on any atom is 0.305 e. The minimum absolute atomic E-state index is 0.0954. The number of carbonyl (C=O) groups is 2. The zero-order valence-electron chi connectivity index (χ0n) is 39.7. The summed E-state index contributed by atoms with van der Waals surface area (Å²) < 4.78 is 11.2. The summed E-state index contributed by atoms with van der Waals surface area (Å²) in [6.45, 7) is 13.2. The molecular weight excluding hydrogens is 765 g/mol. The number of hydrogen-bond acceptors (Lipinski definition) is 7. The van der Waals surface area contributed by atoms with Gasteiger partial charge in [0, 0.05) is 58.7 Å². The van der Waals surface area contributed by atoms with E-state index in [0.717, 1.165) is 89.3 Å². The highest BCUT2D eigenvalue weighted by Crippen LogP contribution is 2.13. The molecule has 8 nitrogen and oxygen atoms in total. The van der Waals surface area contributed by atoms with Crippen molar-refractivity contribution in [3.63, 3.8) is 0 Å². The Morgan fingerprint density at radius 2 is 0.917 bits per heavy atom. The van der Waals surface area contributed by atoms with Crippen LogP contribution in [0.4, 0.5) is 0 Å². The van der Waals surface area contributed by atoms with Crippen molar-refractivity contribution in [2.75, 3.05) is 72.6 Å². The smallest absolute Gasteiger partial charge is 0.305 e. The second-order valence-electron chi connectivity index (χ2n) is 17.5. The fourth-order valence-electron chi connectivity index (χ4n) is 7.70. The zero-order valence-corrected chi connectivity index (χ0v) is 40.5. The average molecular weight is 861 g/mol. The minimum atomic E-state index is -0.0954. The lowest BCUT2D eigenvalue weighted by atomic mass is 10.1. The van der Waals surface area contributed by atoms with Crippen LogP contribution in [0, 0.1) is 0 Å². The Labute approximate surface area is 376 Å². The van der Waals surface area contributed by atoms with Gasteiger partial charge in [-0.15, -0.1) is 0 Å². The fraction of sp³-hybridized carbons (Fsp3) is 0.863. The number of piperazine rings is 1. The summed E-state index contributed by atoms with van der Waals surface area (Å²) in [4.78, 5) is 31.9. The van der Waals surface area contributed by atoms with Crippen molar-refractivity contribution in [3.8, 4) is 0 Å². The first kappa shape index (κ1) is 56.0. The van der Waals surface area contributed by atoms with Gasteiger partial charge >= 0.3 is 11.9 Å². The molecule has 0 aromatic rings. The molecule has 1 N–H and O–H groups in total. The summed E-state index contributed by atoms with van der Waals surface area (Å²) in [5.74, 6) is -0.191. The van der Waals surface area contributed by atoms with E-state index in [0.29, 0.717) is 39.1 Å². The van der Waals surface area contributed by atoms with Crippen LogP contribution in [0.3, 0.4) is 0 Å². The topological polar surface area (TPSA) is 74.3 Å². The molecule has 0 aromatic heterocycles. The van der Waals surface area contributed by atoms with Crippen LogP contribution < -0.4 is 5.32 Å². The van der Waals surface area contributed by atoms with Crippen molar-refractivity contribution in [2.45, 2.75) is 213 Å². The van der Waals surface area contributed by atoms with Crippen molar-refractivity contribution in [2.24, 2.45) is 0 Å². The van der Waals surface area contributed by atoms with E-state index < -0.39 is 0 Å². The fourth-order valence-corrected chi connectivity index (χ4v) is 7.99. The summed E-state index contributed by atoms with van der Waals surface area (Å²) in [7, 11) is 2.19. The Balaban J connectivity index is 2.21. The predicted molar refractivity (Wildman–Crippen MR) is 261 cm³/mol. The molecule has 350 valence electrons. The minimum Gasteiger partial charge on any atom is -0.466 e. The lowest BCUT2D eigenvalue weighted by Crippen LogP contribution is -2.46. The molecule has 0 atom stereocenters. The number of nitrogens with zero attached hydrogens (tertiary/aromatic N) is 3. The third kappa shape index (κ3) is 37.8. The van der Waals surface area contributed by atoms with E-state index in [4.69, 9.17) is 21.7 Å². The number of esters is 2. The molecule has 0 unspecified atom stereocenters. The van der Waals surface area contributed by atoms with Gasteiger partial charge in [0.05, 0.1) is 13.2 Å². The molecule has 60 heavy (non-hydrogen) atoms. The molecule has 1 rings (SSSR count). The zero-order chi connectivity index (χ0) is 43.4. The van der Waals surface area contributed by atoms with Gasteiger partial charge in [0.25, 0.3) is 0 Å². The first-order chi connectivity index (χ1) is 29.5. The molecule has 1 saturated heterocycles. The Kier molecular flexibility index (Phi) is 40.8. The second kappa shape index (κ2) is 43.7. The normalized spacial score (nSPS) is 13.7. The van der Waals surface area contributed by atoms with Gasteiger partial charge in [-0.25, -0.2) is 0 Å². The van der Waals surface area contributed by atoms with Crippen molar-refractivity contribution in [1.29, 1.82) is 0 Å². The molecule has 0 spiro atoms. The van der Waals surface area contributed by atoms with E-state index in [9.17, 15) is 9.59 Å². The highest BCUT2D eigenvalue weighted by Gasteiger charge is 2.14. The van der Waals surface area contributed by atoms with Crippen LogP contribution in [0.2, 0.25) is 0 Å². The van der Waals surface area contributed by atoms with Crippen LogP contribution in [0.1, 0.15) is 213 Å². The summed E-state index contributed by atoms with van der Waals surface area (Å²) >= 11 is 5.83. The maximum atomic E-state index is 12.4. The molecule has 1 aliphatic rings. The summed E-state index contributed by atoms with van der Waals surface area (Å²) in [6.07, 6.45) is 45.3. The van der Waals surface area contributed by atoms with Gasteiger partial charge < -0.3 is 29.5 Å². The second-order valence-corrected chi connectivity index (χ2v) is 17.9. The van der Waals surface area contributed by atoms with Gasteiger partial charge in [0.1, 0.15) is 0 Å². The largest absolute Gasteiger partial charge is 0.466 e. The SMILES string of the molecule is CCCCCCCC/C=C\CCCCCCCC(=O)OCCCN(CCCOC(=O)CCCCCCC/C=C\CCCCCCCC)C(=S)NCCCN1CCN(C)CC1. The molecule has 0 amide bonds. The van der Waals surface area contributed by atoms with Gasteiger partial charge in [0.2, 0.25) is 0 Å². The Hall–Kier alpha value is -1.97. The van der Waals surface area contributed by atoms with Gasteiger partial charge in [-0.2, -0.15) is 0 Å². The Morgan fingerprint density at radius 1 is 0.533 bits per heavy atom. The van der Waals surface area contributed by atoms with Crippen molar-refractivity contribution >= 4 is 29.3 Å². The van der Waals surface area contributed by atoms with Crippen LogP contribution in [0.5, 0.6) is 0 Å². The van der Waals surface area contributed by atoms with Gasteiger partial charge in [-0.1, -0.05) is 141 Å². The molecule has 9 heteroatoms. The Bertz CT molecular complexity index is 988. The van der Waals surface area contributed by atoms with Crippen molar-refractivity contribution in [1.82, 2.24) is 20.0 Å². The van der Waals surface area contributed by atoms with Gasteiger partial charge in [-0.3, -0.25) is 9.59 Å². The van der Waals surface area contributed by atoms with Crippen LogP contribution >= 0.6 is 12.2 Å². The van der Waals surface area contributed by atoms with Crippen molar-refractivity contribution in [3.05, 3.63) is 24.3 Å². The first-order valence-electron chi connectivity index (χ1n) is 25.5. The molecule has 0 aliphatic carbocycles. The van der Waals surface area contributed by atoms with E-state index in [1.165, 1.54) is 141 Å². The van der Waals surface area contributed by atoms with Gasteiger partial charge in [0.15, 0.2) is 5.11 Å². The number of carbonyl (C=O) groups excluding carboxylic acids is 2. The van der Waals surface area contributed by atoms with E-state index in [2.05, 4.69) is 65.2 Å². The number of unbranched alkanes of at least 4 members (excludes halogenated alkanes) is 22. The standard InChI is InChI=1S/C51H96N4O4S/c1-4-6-8-10-12-14-16-18-20-22-24-26-28-30-32-37-49(56)58-47-35-41-55(51(60)52-39-34-40-54-45-43-53(3)44-46-54)42-36-48-59-50(57)38-33-31-29-27-25-23-21-19-17-15-13-11-9-7-5-2/h18-21H,4-17,22-48H2,1-3H3,(H,52,60)/b20-18-,21-19-. The van der Waals surface area contributed by atoms with Crippen LogP contribution in [-0.4, -0.2) is 104 Å². The van der Waals surface area contributed by atoms with Crippen LogP contribution in [0.25, 0.3) is 0 Å². The van der Waals surface area contributed by atoms with Crippen LogP contribution in [0.15, 0.2) is 24.3 Å². The molecule has 0 saturated carbocycles. The molecule has 1 aliphatic heterocycles. The molecule has 0 aromatic carbocycles. The molecule has 0 bridgehead atoms. The summed E-state index contributed by atoms with van der Waals surface area (Å²) in [6, 6.07) is 0. The monoisotopic (exact) mass is 861 g/mol. The summed E-state index contributed by atoms with van der Waals surface area (Å²) in [5.41, 5.74) is 0. The molecule has 1 fully saturated rings. The molecule has 1 heterocycles. The van der Waals surface area contributed by atoms with Gasteiger partial charge in [-0.05, 0) is 109 Å². The van der Waals surface area contributed by atoms with E-state index in [-0.39, 0.29) is 11.9 Å². The lowest BCUT2D eigenvalue weighted by molar-refractivity contribution is -0.144. The van der Waals surface area contributed by atoms with E-state index in [1.807, 2.05) is 0 Å². The average Bonchev–Trinajstić information content (AvgIpc) is 3.25. The number of nitrogens with one attached hydrogen (secondary N) is 1. The highest BCUT2D eigenvalue weighted by atomic mass is 32.1. The van der Waals surface area contributed by atoms with Crippen LogP contribution in [-0.2, 0) is 19.1 Å². The summed E-state index contributed by atoms with van der Waals surface area (Å²) in [5, 5.41) is 4.20. The van der Waals surface area contributed by atoms with Crippen molar-refractivity contribution < 1.29 is 19.1 Å². The number of rotatable bonds is 42. The number of hydrogen-bond donors (Lipinski definition) is 1. The third-order valence-corrected chi connectivity index (χ3v) is 12.2. The first-order valence-corrected chi connectivity index (χ1v) is 25.9. The van der Waals surface area contributed by atoms with E-state index in [1.54, 1.807) is 0 Å². The maximum absolute atomic E-state index is 12.4. The van der Waals surface area contributed by atoms with E-state index >= 15 is 0 Å². The predicted octanol–water partition coefficient (Wildman–Crippen LogP) is 12.7. The Morgan fingerprint density at radius 3 is 1.33 bits per heavy atom. The third-order valence-electron chi connectivity index (χ3n) is 11.8. The number of allylic oxidation sites excluding steroid dienone is 4. The number of ether oxygens (including phenoxy) is 2.